The van der Waals surface area contributed by atoms with Crippen LogP contribution in [0.4, 0.5) is 11.4 Å². The Hall–Kier alpha value is -1.55. The first-order valence-corrected chi connectivity index (χ1v) is 7.99. The van der Waals surface area contributed by atoms with E-state index in [2.05, 4.69) is 53.3 Å². The second kappa shape index (κ2) is 7.46. The van der Waals surface area contributed by atoms with Crippen LogP contribution in [0.1, 0.15) is 26.7 Å². The van der Waals surface area contributed by atoms with Crippen LogP contribution in [0.5, 0.6) is 0 Å². The van der Waals surface area contributed by atoms with Gasteiger partial charge in [0.25, 0.3) is 0 Å². The number of benzene rings is 1. The van der Waals surface area contributed by atoms with Gasteiger partial charge in [0.2, 0.25) is 0 Å². The van der Waals surface area contributed by atoms with Crippen LogP contribution < -0.4 is 15.5 Å². The van der Waals surface area contributed by atoms with Crippen LogP contribution in [-0.4, -0.2) is 24.7 Å². The second-order valence-corrected chi connectivity index (χ2v) is 6.39. The molecule has 1 saturated heterocycles. The Morgan fingerprint density at radius 2 is 1.90 bits per heavy atom. The van der Waals surface area contributed by atoms with Crippen molar-refractivity contribution in [3.8, 4) is 0 Å². The molecule has 0 bridgehead atoms. The Bertz CT molecular complexity index is 487. The predicted octanol–water partition coefficient (Wildman–Crippen LogP) is 3.79. The minimum absolute atomic E-state index is 0.637. The number of hydrogen-bond acceptors (Lipinski definition) is 2. The summed E-state index contributed by atoms with van der Waals surface area (Å²) in [6.07, 6.45) is 2.57. The van der Waals surface area contributed by atoms with E-state index in [1.54, 1.807) is 0 Å². The van der Waals surface area contributed by atoms with E-state index in [0.29, 0.717) is 11.7 Å². The quantitative estimate of drug-likeness (QED) is 0.654. The Morgan fingerprint density at radius 3 is 2.48 bits per heavy atom. The molecule has 0 aromatic heterocycles. The molecule has 1 aromatic carbocycles. The highest BCUT2D eigenvalue weighted by Crippen LogP contribution is 2.24. The summed E-state index contributed by atoms with van der Waals surface area (Å²) in [5.41, 5.74) is 3.38. The van der Waals surface area contributed by atoms with E-state index in [1.807, 2.05) is 6.92 Å². The third kappa shape index (κ3) is 5.05. The van der Waals surface area contributed by atoms with Crippen molar-refractivity contribution in [1.29, 1.82) is 0 Å². The minimum atomic E-state index is 0.637. The maximum absolute atomic E-state index is 5.25. The molecular weight excluding hydrogens is 278 g/mol. The third-order valence-electron chi connectivity index (χ3n) is 3.82. The van der Waals surface area contributed by atoms with Gasteiger partial charge in [0.05, 0.1) is 0 Å². The molecule has 114 valence electrons. The van der Waals surface area contributed by atoms with Crippen LogP contribution in [0.15, 0.2) is 36.4 Å². The summed E-state index contributed by atoms with van der Waals surface area (Å²) in [6.45, 7) is 11.2. The molecule has 4 heteroatoms. The van der Waals surface area contributed by atoms with Crippen molar-refractivity contribution in [1.82, 2.24) is 5.32 Å². The van der Waals surface area contributed by atoms with Crippen molar-refractivity contribution in [3.63, 3.8) is 0 Å². The van der Waals surface area contributed by atoms with Crippen LogP contribution in [0, 0.1) is 5.92 Å². The molecule has 1 heterocycles. The van der Waals surface area contributed by atoms with E-state index < -0.39 is 0 Å². The number of nitrogens with one attached hydrogen (secondary N) is 2. The lowest BCUT2D eigenvalue weighted by Gasteiger charge is -2.32. The molecule has 0 unspecified atom stereocenters. The largest absolute Gasteiger partial charge is 0.372 e. The highest BCUT2D eigenvalue weighted by Gasteiger charge is 2.15. The lowest BCUT2D eigenvalue weighted by molar-refractivity contribution is 0.438. The second-order valence-electron chi connectivity index (χ2n) is 5.98. The number of rotatable bonds is 4. The summed E-state index contributed by atoms with van der Waals surface area (Å²) in [5, 5.41) is 6.96. The van der Waals surface area contributed by atoms with Crippen LogP contribution in [0.3, 0.4) is 0 Å². The lowest BCUT2D eigenvalue weighted by Crippen LogP contribution is -2.32. The molecule has 0 atom stereocenters. The highest BCUT2D eigenvalue weighted by atomic mass is 32.1. The molecule has 0 spiro atoms. The normalized spacial score (nSPS) is 15.6. The molecule has 0 saturated carbocycles. The summed E-state index contributed by atoms with van der Waals surface area (Å²) < 4.78 is 0. The zero-order valence-corrected chi connectivity index (χ0v) is 13.8. The van der Waals surface area contributed by atoms with Gasteiger partial charge in [-0.1, -0.05) is 19.1 Å². The summed E-state index contributed by atoms with van der Waals surface area (Å²) in [4.78, 5) is 2.46. The molecule has 1 fully saturated rings. The average Bonchev–Trinajstić information content (AvgIpc) is 2.47. The summed E-state index contributed by atoms with van der Waals surface area (Å²) >= 11 is 5.25. The fourth-order valence-corrected chi connectivity index (χ4v) is 2.62. The van der Waals surface area contributed by atoms with E-state index in [9.17, 15) is 0 Å². The van der Waals surface area contributed by atoms with Gasteiger partial charge in [-0.3, -0.25) is 0 Å². The fourth-order valence-electron chi connectivity index (χ4n) is 2.43. The number of thiocarbonyl (C=S) groups is 1. The molecule has 0 aliphatic carbocycles. The van der Waals surface area contributed by atoms with Gasteiger partial charge in [0.15, 0.2) is 5.11 Å². The summed E-state index contributed by atoms with van der Waals surface area (Å²) in [7, 11) is 0. The Balaban J connectivity index is 1.87. The number of hydrogen-bond donors (Lipinski definition) is 2. The molecule has 0 amide bonds. The van der Waals surface area contributed by atoms with E-state index in [0.717, 1.165) is 30.3 Å². The molecule has 1 aliphatic heterocycles. The Kier molecular flexibility index (Phi) is 5.62. The van der Waals surface area contributed by atoms with Crippen molar-refractivity contribution in [2.75, 3.05) is 29.9 Å². The maximum atomic E-state index is 5.25. The van der Waals surface area contributed by atoms with Gasteiger partial charge in [-0.15, -0.1) is 0 Å². The first-order chi connectivity index (χ1) is 10.0. The van der Waals surface area contributed by atoms with Crippen LogP contribution in [0.25, 0.3) is 0 Å². The zero-order chi connectivity index (χ0) is 15.2. The Labute approximate surface area is 133 Å². The number of anilines is 2. The van der Waals surface area contributed by atoms with Gasteiger partial charge in [-0.2, -0.15) is 0 Å². The predicted molar refractivity (Wildman–Crippen MR) is 96.1 cm³/mol. The smallest absolute Gasteiger partial charge is 0.171 e. The molecule has 0 radical (unpaired) electrons. The number of nitrogens with zero attached hydrogens (tertiary/aromatic N) is 1. The molecule has 21 heavy (non-hydrogen) atoms. The van der Waals surface area contributed by atoms with E-state index in [4.69, 9.17) is 12.2 Å². The SMILES string of the molecule is C=C(C)CNC(=S)Nc1ccc(N2CCC(C)CC2)cc1. The van der Waals surface area contributed by atoms with Gasteiger partial charge < -0.3 is 15.5 Å². The molecule has 2 N–H and O–H groups in total. The van der Waals surface area contributed by atoms with Crippen molar-refractivity contribution in [3.05, 3.63) is 36.4 Å². The maximum Gasteiger partial charge on any atom is 0.171 e. The first-order valence-electron chi connectivity index (χ1n) is 7.59. The number of piperidine rings is 1. The van der Waals surface area contributed by atoms with Gasteiger partial charge in [0.1, 0.15) is 0 Å². The molecule has 2 rings (SSSR count). The van der Waals surface area contributed by atoms with Gasteiger partial charge in [0, 0.05) is 31.0 Å². The van der Waals surface area contributed by atoms with E-state index >= 15 is 0 Å². The Morgan fingerprint density at radius 1 is 1.29 bits per heavy atom. The molecule has 1 aliphatic rings. The highest BCUT2D eigenvalue weighted by molar-refractivity contribution is 7.80. The monoisotopic (exact) mass is 303 g/mol. The van der Waals surface area contributed by atoms with E-state index in [-0.39, 0.29) is 0 Å². The molecule has 3 nitrogen and oxygen atoms in total. The zero-order valence-electron chi connectivity index (χ0n) is 13.0. The van der Waals surface area contributed by atoms with Crippen LogP contribution in [0.2, 0.25) is 0 Å². The summed E-state index contributed by atoms with van der Waals surface area (Å²) in [5.74, 6) is 0.860. The van der Waals surface area contributed by atoms with Crippen molar-refractivity contribution in [2.45, 2.75) is 26.7 Å². The van der Waals surface area contributed by atoms with Crippen molar-refractivity contribution >= 4 is 28.7 Å². The van der Waals surface area contributed by atoms with Gasteiger partial charge in [-0.25, -0.2) is 0 Å². The van der Waals surface area contributed by atoms with E-state index in [1.165, 1.54) is 18.5 Å². The van der Waals surface area contributed by atoms with Gasteiger partial charge in [-0.05, 0) is 62.2 Å². The van der Waals surface area contributed by atoms with Gasteiger partial charge >= 0.3 is 0 Å². The van der Waals surface area contributed by atoms with Crippen molar-refractivity contribution in [2.24, 2.45) is 5.92 Å². The topological polar surface area (TPSA) is 27.3 Å². The average molecular weight is 303 g/mol. The first kappa shape index (κ1) is 15.8. The van der Waals surface area contributed by atoms with Crippen LogP contribution >= 0.6 is 12.2 Å². The third-order valence-corrected chi connectivity index (χ3v) is 4.07. The minimum Gasteiger partial charge on any atom is -0.372 e. The standard InChI is InChI=1S/C17H25N3S/c1-13(2)12-18-17(21)19-15-4-6-16(7-5-15)20-10-8-14(3)9-11-20/h4-7,14H,1,8-12H2,2-3H3,(H2,18,19,21). The summed E-state index contributed by atoms with van der Waals surface area (Å²) in [6, 6.07) is 8.50. The fraction of sp³-hybridized carbons (Fsp3) is 0.471. The lowest BCUT2D eigenvalue weighted by atomic mass is 9.99. The molecule has 1 aromatic rings. The van der Waals surface area contributed by atoms with Crippen molar-refractivity contribution < 1.29 is 0 Å². The van der Waals surface area contributed by atoms with Crippen LogP contribution in [-0.2, 0) is 0 Å². The molecular formula is C17H25N3S.